The average Bonchev–Trinajstić information content (AvgIpc) is 3.17. The minimum atomic E-state index is -0.354. The van der Waals surface area contributed by atoms with E-state index >= 15 is 0 Å². The van der Waals surface area contributed by atoms with E-state index in [0.29, 0.717) is 40.1 Å². The van der Waals surface area contributed by atoms with Gasteiger partial charge in [0, 0.05) is 24.6 Å². The van der Waals surface area contributed by atoms with Crippen LogP contribution in [0.3, 0.4) is 0 Å². The van der Waals surface area contributed by atoms with Gasteiger partial charge in [0.15, 0.2) is 11.6 Å². The molecule has 5 nitrogen and oxygen atoms in total. The number of nitrogens with zero attached hydrogens (tertiary/aromatic N) is 2. The molecule has 0 aliphatic rings. The molecule has 0 fully saturated rings. The molecule has 0 aliphatic heterocycles. The number of methoxy groups -OCH3 is 1. The van der Waals surface area contributed by atoms with E-state index in [4.69, 9.17) is 4.74 Å². The van der Waals surface area contributed by atoms with Crippen molar-refractivity contribution in [1.29, 1.82) is 0 Å². The van der Waals surface area contributed by atoms with Gasteiger partial charge < -0.3 is 4.74 Å². The number of pyridine rings is 1. The molecule has 156 valence electrons. The quantitative estimate of drug-likeness (QED) is 0.390. The summed E-state index contributed by atoms with van der Waals surface area (Å²) in [6.07, 6.45) is 2.20. The minimum absolute atomic E-state index is 0.0671. The van der Waals surface area contributed by atoms with Crippen LogP contribution in [0.25, 0.3) is 16.8 Å². The van der Waals surface area contributed by atoms with Crippen LogP contribution in [-0.4, -0.2) is 28.3 Å². The molecule has 0 N–H and O–H groups in total. The van der Waals surface area contributed by atoms with Gasteiger partial charge in [-0.1, -0.05) is 19.1 Å². The number of hydrogen-bond donors (Lipinski definition) is 0. The molecule has 2 aromatic heterocycles. The molecule has 0 spiro atoms. The number of ketones is 2. The van der Waals surface area contributed by atoms with Gasteiger partial charge in [0.2, 0.25) is 0 Å². The lowest BCUT2D eigenvalue weighted by molar-refractivity contribution is 0.0982. The van der Waals surface area contributed by atoms with E-state index in [0.717, 1.165) is 5.56 Å². The number of carbonyl (C=O) groups is 2. The molecule has 4 aromatic rings. The molecule has 0 amide bonds. The van der Waals surface area contributed by atoms with Crippen LogP contribution in [0.15, 0.2) is 66.9 Å². The number of para-hydroxylation sites is 1. The van der Waals surface area contributed by atoms with Crippen LogP contribution in [0.2, 0.25) is 0 Å². The van der Waals surface area contributed by atoms with Crippen molar-refractivity contribution in [2.24, 2.45) is 0 Å². The highest BCUT2D eigenvalue weighted by Gasteiger charge is 2.21. The van der Waals surface area contributed by atoms with Crippen molar-refractivity contribution in [3.8, 4) is 17.0 Å². The molecule has 6 heteroatoms. The number of Topliss-reactive ketones (excluding diaryl/α,β-unsaturated/α-hetero) is 2. The van der Waals surface area contributed by atoms with Crippen molar-refractivity contribution < 1.29 is 18.7 Å². The molecule has 0 atom stereocenters. The topological polar surface area (TPSA) is 60.7 Å². The van der Waals surface area contributed by atoms with E-state index in [2.05, 4.69) is 5.10 Å². The maximum atomic E-state index is 13.4. The van der Waals surface area contributed by atoms with Crippen LogP contribution in [0, 0.1) is 5.82 Å². The third-order valence-corrected chi connectivity index (χ3v) is 5.19. The third-order valence-electron chi connectivity index (χ3n) is 5.19. The largest absolute Gasteiger partial charge is 0.496 e. The Morgan fingerprint density at radius 3 is 2.48 bits per heavy atom. The molecular formula is C25H21FN2O3. The van der Waals surface area contributed by atoms with Gasteiger partial charge in [-0.05, 0) is 54.1 Å². The molecule has 4 rings (SSSR count). The second kappa shape index (κ2) is 8.52. The Balaban J connectivity index is 1.77. The fraction of sp³-hybridized carbons (Fsp3) is 0.160. The zero-order valence-corrected chi connectivity index (χ0v) is 17.3. The second-order valence-corrected chi connectivity index (χ2v) is 7.17. The molecule has 0 unspecified atom stereocenters. The van der Waals surface area contributed by atoms with Gasteiger partial charge in [-0.15, -0.1) is 0 Å². The maximum absolute atomic E-state index is 13.4. The summed E-state index contributed by atoms with van der Waals surface area (Å²) in [7, 11) is 1.53. The molecule has 0 aliphatic carbocycles. The number of ether oxygens (including phenoxy) is 1. The minimum Gasteiger partial charge on any atom is -0.496 e. The first kappa shape index (κ1) is 20.5. The molecule has 0 saturated heterocycles. The summed E-state index contributed by atoms with van der Waals surface area (Å²) >= 11 is 0. The zero-order valence-electron chi connectivity index (χ0n) is 17.3. The summed E-state index contributed by atoms with van der Waals surface area (Å²) in [5.41, 5.74) is 3.53. The Bertz CT molecular complexity index is 1280. The lowest BCUT2D eigenvalue weighted by atomic mass is 9.99. The summed E-state index contributed by atoms with van der Waals surface area (Å²) in [5, 5.41) is 4.56. The Morgan fingerprint density at radius 2 is 1.77 bits per heavy atom. The summed E-state index contributed by atoms with van der Waals surface area (Å²) in [5.74, 6) is 0.0253. The SMILES string of the molecule is CCC(=O)c1c(-c2ccc(F)cc2)nn2ccc(CC(=O)c3ccccc3OC)cc12. The summed E-state index contributed by atoms with van der Waals surface area (Å²) in [6, 6.07) is 16.6. The number of aromatic nitrogens is 2. The standard InChI is InChI=1S/C25H21FN2O3/c1-3-21(29)24-20-14-16(15-22(30)19-6-4-5-7-23(19)31-2)12-13-28(20)27-25(24)17-8-10-18(26)11-9-17/h4-14H,3,15H2,1-2H3. The highest BCUT2D eigenvalue weighted by Crippen LogP contribution is 2.29. The number of hydrogen-bond acceptors (Lipinski definition) is 4. The van der Waals surface area contributed by atoms with E-state index in [1.807, 2.05) is 18.2 Å². The van der Waals surface area contributed by atoms with Gasteiger partial charge in [-0.2, -0.15) is 5.10 Å². The van der Waals surface area contributed by atoms with E-state index in [9.17, 15) is 14.0 Å². The van der Waals surface area contributed by atoms with Crippen molar-refractivity contribution in [2.45, 2.75) is 19.8 Å². The van der Waals surface area contributed by atoms with Gasteiger partial charge in [0.1, 0.15) is 17.3 Å². The monoisotopic (exact) mass is 416 g/mol. The van der Waals surface area contributed by atoms with Crippen LogP contribution < -0.4 is 4.74 Å². The van der Waals surface area contributed by atoms with E-state index in [-0.39, 0.29) is 23.8 Å². The van der Waals surface area contributed by atoms with Crippen LogP contribution in [0.1, 0.15) is 39.6 Å². The van der Waals surface area contributed by atoms with E-state index in [1.165, 1.54) is 19.2 Å². The van der Waals surface area contributed by atoms with Crippen LogP contribution in [0.5, 0.6) is 5.75 Å². The molecule has 0 radical (unpaired) electrons. The highest BCUT2D eigenvalue weighted by molar-refractivity contribution is 6.08. The van der Waals surface area contributed by atoms with Gasteiger partial charge in [0.05, 0.1) is 23.8 Å². The number of carbonyl (C=O) groups excluding carboxylic acids is 2. The normalized spacial score (nSPS) is 10.9. The fourth-order valence-electron chi connectivity index (χ4n) is 3.62. The Kier molecular flexibility index (Phi) is 5.62. The number of rotatable bonds is 7. The lowest BCUT2D eigenvalue weighted by Gasteiger charge is -2.08. The Morgan fingerprint density at radius 1 is 1.03 bits per heavy atom. The molecule has 2 aromatic carbocycles. The number of benzene rings is 2. The summed E-state index contributed by atoms with van der Waals surface area (Å²) < 4.78 is 20.3. The summed E-state index contributed by atoms with van der Waals surface area (Å²) in [4.78, 5) is 25.6. The molecule has 2 heterocycles. The Hall–Kier alpha value is -3.80. The smallest absolute Gasteiger partial charge is 0.170 e. The molecule has 0 saturated carbocycles. The van der Waals surface area contributed by atoms with Crippen molar-refractivity contribution in [3.05, 3.63) is 89.4 Å². The second-order valence-electron chi connectivity index (χ2n) is 7.17. The predicted octanol–water partition coefficient (Wildman–Crippen LogP) is 5.17. The van der Waals surface area contributed by atoms with Crippen molar-refractivity contribution in [2.75, 3.05) is 7.11 Å². The fourth-order valence-corrected chi connectivity index (χ4v) is 3.62. The first-order chi connectivity index (χ1) is 15.0. The maximum Gasteiger partial charge on any atom is 0.170 e. The third kappa shape index (κ3) is 3.97. The zero-order chi connectivity index (χ0) is 22.0. The van der Waals surface area contributed by atoms with Gasteiger partial charge in [0.25, 0.3) is 0 Å². The molecule has 31 heavy (non-hydrogen) atoms. The first-order valence-electron chi connectivity index (χ1n) is 9.98. The van der Waals surface area contributed by atoms with Gasteiger partial charge >= 0.3 is 0 Å². The van der Waals surface area contributed by atoms with Crippen molar-refractivity contribution >= 4 is 17.1 Å². The average molecular weight is 416 g/mol. The molecular weight excluding hydrogens is 395 g/mol. The number of halogens is 1. The van der Waals surface area contributed by atoms with Crippen molar-refractivity contribution in [3.63, 3.8) is 0 Å². The van der Waals surface area contributed by atoms with E-state index in [1.54, 1.807) is 48.0 Å². The van der Waals surface area contributed by atoms with Gasteiger partial charge in [-0.3, -0.25) is 9.59 Å². The number of fused-ring (bicyclic) bond motifs is 1. The van der Waals surface area contributed by atoms with E-state index < -0.39 is 0 Å². The predicted molar refractivity (Wildman–Crippen MR) is 116 cm³/mol. The van der Waals surface area contributed by atoms with Crippen LogP contribution in [0.4, 0.5) is 4.39 Å². The first-order valence-corrected chi connectivity index (χ1v) is 9.98. The summed E-state index contributed by atoms with van der Waals surface area (Å²) in [6.45, 7) is 1.79. The van der Waals surface area contributed by atoms with Crippen molar-refractivity contribution in [1.82, 2.24) is 9.61 Å². The van der Waals surface area contributed by atoms with Crippen LogP contribution >= 0.6 is 0 Å². The Labute approximate surface area is 179 Å². The highest BCUT2D eigenvalue weighted by atomic mass is 19.1. The van der Waals surface area contributed by atoms with Gasteiger partial charge in [-0.25, -0.2) is 8.91 Å². The lowest BCUT2D eigenvalue weighted by Crippen LogP contribution is -2.06. The molecule has 0 bridgehead atoms. The van der Waals surface area contributed by atoms with Crippen LogP contribution in [-0.2, 0) is 6.42 Å².